The van der Waals surface area contributed by atoms with Gasteiger partial charge in [-0.2, -0.15) is 0 Å². The monoisotopic (exact) mass is 466 g/mol. The number of carbonyl (C=O) groups is 1. The van der Waals surface area contributed by atoms with E-state index in [0.29, 0.717) is 26.4 Å². The molecule has 0 unspecified atom stereocenters. The van der Waals surface area contributed by atoms with Crippen LogP contribution in [0.15, 0.2) is 97.6 Å². The lowest BCUT2D eigenvalue weighted by atomic mass is 10.2. The highest BCUT2D eigenvalue weighted by molar-refractivity contribution is 8.25. The first-order chi connectivity index (χ1) is 15.6. The molecular weight excluding hydrogens is 439 g/mol. The fourth-order valence-electron chi connectivity index (χ4n) is 3.24. The predicted octanol–water partition coefficient (Wildman–Crippen LogP) is 3.70. The SMILES string of the molecule is C=CC(=O)OCCOCCOCc1cccc(P(=S)(c2ccccc2)c2ccccc2)c1. The number of hydrogen-bond acceptors (Lipinski definition) is 5. The Kier molecular flexibility index (Phi) is 9.39. The molecule has 0 atom stereocenters. The molecule has 0 radical (unpaired) electrons. The van der Waals surface area contributed by atoms with Crippen molar-refractivity contribution in [2.75, 3.05) is 26.4 Å². The highest BCUT2D eigenvalue weighted by atomic mass is 32.4. The van der Waals surface area contributed by atoms with Gasteiger partial charge >= 0.3 is 5.97 Å². The van der Waals surface area contributed by atoms with E-state index in [2.05, 4.69) is 49.0 Å². The van der Waals surface area contributed by atoms with Crippen LogP contribution in [0.25, 0.3) is 0 Å². The predicted molar refractivity (Wildman–Crippen MR) is 134 cm³/mol. The van der Waals surface area contributed by atoms with Gasteiger partial charge in [-0.15, -0.1) is 0 Å². The molecular formula is C26H27O4PS. The fourth-order valence-corrected chi connectivity index (χ4v) is 7.03. The molecule has 32 heavy (non-hydrogen) atoms. The Bertz CT molecular complexity index is 1010. The van der Waals surface area contributed by atoms with Gasteiger partial charge < -0.3 is 14.2 Å². The van der Waals surface area contributed by atoms with E-state index < -0.39 is 12.0 Å². The Morgan fingerprint density at radius 3 is 1.97 bits per heavy atom. The number of hydrogen-bond donors (Lipinski definition) is 0. The summed E-state index contributed by atoms with van der Waals surface area (Å²) in [6, 6.07) is 26.9. The Balaban J connectivity index is 1.63. The maximum Gasteiger partial charge on any atom is 0.330 e. The second kappa shape index (κ2) is 12.5. The van der Waals surface area contributed by atoms with Crippen molar-refractivity contribution in [3.05, 3.63) is 103 Å². The molecule has 3 aromatic rings. The third-order valence-electron chi connectivity index (χ3n) is 4.79. The van der Waals surface area contributed by atoms with E-state index in [4.69, 9.17) is 26.0 Å². The van der Waals surface area contributed by atoms with Crippen molar-refractivity contribution >= 4 is 39.7 Å². The lowest BCUT2D eigenvalue weighted by Gasteiger charge is -2.24. The largest absolute Gasteiger partial charge is 0.460 e. The van der Waals surface area contributed by atoms with Gasteiger partial charge in [-0.1, -0.05) is 97.2 Å². The first-order valence-electron chi connectivity index (χ1n) is 10.4. The van der Waals surface area contributed by atoms with Crippen LogP contribution in [0.5, 0.6) is 0 Å². The number of rotatable bonds is 12. The standard InChI is InChI=1S/C26H27O4PS/c1-2-26(27)30-19-18-28-16-17-29-21-22-10-9-15-25(20-22)31(32,23-11-5-3-6-12-23)24-13-7-4-8-14-24/h2-15,20H,1,16-19,21H2. The quantitative estimate of drug-likeness (QED) is 0.176. The van der Waals surface area contributed by atoms with Crippen molar-refractivity contribution in [2.24, 2.45) is 0 Å². The van der Waals surface area contributed by atoms with Crippen LogP contribution in [-0.4, -0.2) is 32.4 Å². The van der Waals surface area contributed by atoms with E-state index in [1.165, 1.54) is 10.6 Å². The summed E-state index contributed by atoms with van der Waals surface area (Å²) in [4.78, 5) is 11.0. The average molecular weight is 467 g/mol. The summed E-state index contributed by atoms with van der Waals surface area (Å²) in [5.74, 6) is -0.448. The topological polar surface area (TPSA) is 44.8 Å². The Labute approximate surface area is 194 Å². The van der Waals surface area contributed by atoms with Gasteiger partial charge in [-0.05, 0) is 27.5 Å². The van der Waals surface area contributed by atoms with Crippen LogP contribution in [-0.2, 0) is 37.4 Å². The highest BCUT2D eigenvalue weighted by Crippen LogP contribution is 2.42. The molecule has 0 fully saturated rings. The third-order valence-corrected chi connectivity index (χ3v) is 9.75. The Morgan fingerprint density at radius 1 is 0.781 bits per heavy atom. The summed E-state index contributed by atoms with van der Waals surface area (Å²) in [6.45, 7) is 5.23. The molecule has 0 saturated heterocycles. The maximum atomic E-state index is 11.0. The molecule has 4 nitrogen and oxygen atoms in total. The van der Waals surface area contributed by atoms with Crippen molar-refractivity contribution in [3.8, 4) is 0 Å². The summed E-state index contributed by atoms with van der Waals surface area (Å²) < 4.78 is 16.0. The van der Waals surface area contributed by atoms with Gasteiger partial charge in [-0.3, -0.25) is 0 Å². The zero-order valence-electron chi connectivity index (χ0n) is 17.9. The van der Waals surface area contributed by atoms with Gasteiger partial charge in [0.2, 0.25) is 0 Å². The molecule has 0 N–H and O–H groups in total. The van der Waals surface area contributed by atoms with Gasteiger partial charge in [0.05, 0.1) is 26.4 Å². The number of benzene rings is 3. The van der Waals surface area contributed by atoms with E-state index in [0.717, 1.165) is 16.9 Å². The first-order valence-corrected chi connectivity index (χ1v) is 13.2. The maximum absolute atomic E-state index is 11.0. The van der Waals surface area contributed by atoms with Gasteiger partial charge in [0, 0.05) is 12.1 Å². The van der Waals surface area contributed by atoms with Crippen LogP contribution < -0.4 is 15.9 Å². The average Bonchev–Trinajstić information content (AvgIpc) is 2.86. The van der Waals surface area contributed by atoms with Crippen molar-refractivity contribution in [3.63, 3.8) is 0 Å². The zero-order valence-corrected chi connectivity index (χ0v) is 19.6. The van der Waals surface area contributed by atoms with E-state index in [1.54, 1.807) is 0 Å². The number of ether oxygens (including phenoxy) is 3. The van der Waals surface area contributed by atoms with Gasteiger partial charge in [0.15, 0.2) is 0 Å². The van der Waals surface area contributed by atoms with Gasteiger partial charge in [0.25, 0.3) is 0 Å². The summed E-state index contributed by atoms with van der Waals surface area (Å²) in [7, 11) is 0. The van der Waals surface area contributed by atoms with Crippen molar-refractivity contribution < 1.29 is 19.0 Å². The molecule has 0 bridgehead atoms. The molecule has 6 heteroatoms. The lowest BCUT2D eigenvalue weighted by molar-refractivity contribution is -0.139. The molecule has 166 valence electrons. The molecule has 0 saturated carbocycles. The summed E-state index contributed by atoms with van der Waals surface area (Å²) in [6.07, 6.45) is 1.13. The van der Waals surface area contributed by atoms with Crippen LogP contribution in [0.4, 0.5) is 0 Å². The van der Waals surface area contributed by atoms with E-state index >= 15 is 0 Å². The molecule has 0 spiro atoms. The van der Waals surface area contributed by atoms with Crippen molar-refractivity contribution in [1.82, 2.24) is 0 Å². The normalized spacial score (nSPS) is 11.1. The number of carbonyl (C=O) groups excluding carboxylic acids is 1. The van der Waals surface area contributed by atoms with E-state index in [-0.39, 0.29) is 6.61 Å². The third kappa shape index (κ3) is 6.47. The molecule has 0 aliphatic heterocycles. The van der Waals surface area contributed by atoms with Gasteiger partial charge in [-0.25, -0.2) is 4.79 Å². The number of esters is 1. The minimum absolute atomic E-state index is 0.205. The molecule has 0 aliphatic rings. The second-order valence-corrected chi connectivity index (χ2v) is 11.4. The molecule has 0 aliphatic carbocycles. The summed E-state index contributed by atoms with van der Waals surface area (Å²) in [5, 5.41) is 3.49. The zero-order chi connectivity index (χ0) is 22.7. The Morgan fingerprint density at radius 2 is 1.34 bits per heavy atom. The smallest absolute Gasteiger partial charge is 0.330 e. The van der Waals surface area contributed by atoms with Crippen LogP contribution in [0.1, 0.15) is 5.56 Å². The fraction of sp³-hybridized carbons (Fsp3) is 0.192. The molecule has 0 amide bonds. The summed E-state index contributed by atoms with van der Waals surface area (Å²) in [5.41, 5.74) is 1.07. The first kappa shape index (κ1) is 24.1. The molecule has 0 aromatic heterocycles. The van der Waals surface area contributed by atoms with E-state index in [1.807, 2.05) is 42.5 Å². The van der Waals surface area contributed by atoms with Crippen molar-refractivity contribution in [1.29, 1.82) is 0 Å². The van der Waals surface area contributed by atoms with Crippen LogP contribution in [0.3, 0.4) is 0 Å². The molecule has 3 aromatic carbocycles. The lowest BCUT2D eigenvalue weighted by Crippen LogP contribution is -2.25. The summed E-state index contributed by atoms with van der Waals surface area (Å²) >= 11 is 6.39. The van der Waals surface area contributed by atoms with Gasteiger partial charge in [0.1, 0.15) is 6.61 Å². The highest BCUT2D eigenvalue weighted by Gasteiger charge is 2.24. The second-order valence-electron chi connectivity index (χ2n) is 6.99. The minimum atomic E-state index is -2.17. The minimum Gasteiger partial charge on any atom is -0.460 e. The van der Waals surface area contributed by atoms with E-state index in [9.17, 15) is 4.79 Å². The van der Waals surface area contributed by atoms with Crippen LogP contribution in [0.2, 0.25) is 0 Å². The molecule has 3 rings (SSSR count). The molecule has 0 heterocycles. The van der Waals surface area contributed by atoms with Crippen LogP contribution >= 0.6 is 6.04 Å². The Hall–Kier alpha value is -2.56. The van der Waals surface area contributed by atoms with Crippen molar-refractivity contribution in [2.45, 2.75) is 6.61 Å². The van der Waals surface area contributed by atoms with Crippen LogP contribution in [0, 0.1) is 0 Å².